The molecule has 0 fully saturated rings. The van der Waals surface area contributed by atoms with Crippen LogP contribution in [0.1, 0.15) is 49.9 Å². The van der Waals surface area contributed by atoms with Gasteiger partial charge in [-0.25, -0.2) is 0 Å². The van der Waals surface area contributed by atoms with Crippen molar-refractivity contribution in [1.29, 1.82) is 0 Å². The third-order valence-corrected chi connectivity index (χ3v) is 14.1. The predicted molar refractivity (Wildman–Crippen MR) is 166 cm³/mol. The normalized spacial score (nSPS) is 11.5. The lowest BCUT2D eigenvalue weighted by molar-refractivity contribution is 0.348. The van der Waals surface area contributed by atoms with E-state index in [0.717, 1.165) is 33.0 Å². The second-order valence-corrected chi connectivity index (χ2v) is 19.7. The van der Waals surface area contributed by atoms with Gasteiger partial charge in [0, 0.05) is 0 Å². The van der Waals surface area contributed by atoms with E-state index < -0.39 is 16.6 Å². The smallest absolute Gasteiger partial charge is 0.204 e. The van der Waals surface area contributed by atoms with Gasteiger partial charge in [-0.1, -0.05) is 48.6 Å². The number of rotatable bonds is 12. The van der Waals surface area contributed by atoms with E-state index in [1.54, 1.807) is 0 Å². The monoisotopic (exact) mass is 534 g/mol. The van der Waals surface area contributed by atoms with Gasteiger partial charge in [-0.3, -0.25) is 0 Å². The van der Waals surface area contributed by atoms with E-state index in [0.29, 0.717) is 13.2 Å². The average molecular weight is 535 g/mol. The Morgan fingerprint density at radius 2 is 1.03 bits per heavy atom. The first-order valence-electron chi connectivity index (χ1n) is 12.9. The summed E-state index contributed by atoms with van der Waals surface area (Å²) < 4.78 is 19.2. The van der Waals surface area contributed by atoms with Crippen LogP contribution in [-0.2, 0) is 4.12 Å². The Balaban J connectivity index is 1.98. The highest BCUT2D eigenvalue weighted by Gasteiger charge is 2.37. The van der Waals surface area contributed by atoms with Gasteiger partial charge in [0.2, 0.25) is 16.6 Å². The second kappa shape index (κ2) is 12.8. The molecule has 2 aromatic rings. The molecule has 0 unspecified atom stereocenters. The van der Waals surface area contributed by atoms with Gasteiger partial charge in [0.25, 0.3) is 0 Å². The van der Waals surface area contributed by atoms with E-state index in [-0.39, 0.29) is 0 Å². The summed E-state index contributed by atoms with van der Waals surface area (Å²) >= 11 is 0. The van der Waals surface area contributed by atoms with Gasteiger partial charge < -0.3 is 13.6 Å². The van der Waals surface area contributed by atoms with Crippen LogP contribution in [0.3, 0.4) is 0 Å². The van der Waals surface area contributed by atoms with Crippen LogP contribution < -0.4 is 9.47 Å². The van der Waals surface area contributed by atoms with Crippen molar-refractivity contribution in [3.63, 3.8) is 0 Å². The summed E-state index contributed by atoms with van der Waals surface area (Å²) in [6.07, 6.45) is 4.34. The molecule has 0 saturated heterocycles. The molecule has 3 nitrogen and oxygen atoms in total. The Morgan fingerprint density at radius 1 is 0.676 bits per heavy atom. The molecule has 5 heteroatoms. The van der Waals surface area contributed by atoms with Crippen LogP contribution in [0.25, 0.3) is 12.2 Å². The molecule has 0 saturated carbocycles. The SMILES string of the molecule is C=C(COc1ccc(C=C(C)C)cc1C)[Si](C)(C)O[Si](C)(C)C(=C)COc1ccc(C=C(C)C)cc1C. The molecule has 37 heavy (non-hydrogen) atoms. The van der Waals surface area contributed by atoms with Gasteiger partial charge in [-0.2, -0.15) is 0 Å². The van der Waals surface area contributed by atoms with Gasteiger partial charge in [0.15, 0.2) is 0 Å². The molecule has 2 rings (SSSR count). The van der Waals surface area contributed by atoms with Crippen molar-refractivity contribution in [3.05, 3.63) is 93.3 Å². The summed E-state index contributed by atoms with van der Waals surface area (Å²) in [6.45, 7) is 31.0. The summed E-state index contributed by atoms with van der Waals surface area (Å²) in [6, 6.07) is 12.6. The molecule has 0 aliphatic rings. The molecule has 0 heterocycles. The van der Waals surface area contributed by atoms with Crippen molar-refractivity contribution < 1.29 is 13.6 Å². The number of hydrogen-bond acceptors (Lipinski definition) is 3. The van der Waals surface area contributed by atoms with Gasteiger partial charge in [0.05, 0.1) is 0 Å². The first-order chi connectivity index (χ1) is 17.1. The van der Waals surface area contributed by atoms with Crippen LogP contribution in [0, 0.1) is 13.8 Å². The molecule has 200 valence electrons. The molecule has 0 aromatic heterocycles. The van der Waals surface area contributed by atoms with Crippen LogP contribution in [0.5, 0.6) is 11.5 Å². The van der Waals surface area contributed by atoms with E-state index in [2.05, 4.69) is 117 Å². The molecule has 0 N–H and O–H groups in total. The zero-order valence-electron chi connectivity index (χ0n) is 24.7. The number of benzene rings is 2. The largest absolute Gasteiger partial charge is 0.489 e. The lowest BCUT2D eigenvalue weighted by Gasteiger charge is -2.36. The summed E-state index contributed by atoms with van der Waals surface area (Å²) in [5.74, 6) is 1.77. The van der Waals surface area contributed by atoms with Gasteiger partial charge in [-0.05, 0) is 125 Å². The Hall–Kier alpha value is -2.61. The standard InChI is InChI=1S/C32H46O3Si2/c1-23(2)17-29-13-15-31(25(5)19-29)33-21-27(7)36(9,10)35-37(11,12)28(8)22-34-32-16-14-30(18-24(3)4)20-26(32)6/h13-20H,7-8,21-22H2,1-6,9-12H3. The third kappa shape index (κ3) is 9.33. The topological polar surface area (TPSA) is 27.7 Å². The lowest BCUT2D eigenvalue weighted by Crippen LogP contribution is -2.49. The first-order valence-corrected chi connectivity index (χ1v) is 18.8. The molecule has 0 amide bonds. The maximum absolute atomic E-state index is 6.82. The van der Waals surface area contributed by atoms with Gasteiger partial charge in [-0.15, -0.1) is 0 Å². The number of aryl methyl sites for hydroxylation is 2. The van der Waals surface area contributed by atoms with E-state index in [1.165, 1.54) is 22.3 Å². The fraction of sp³-hybridized carbons (Fsp3) is 0.375. The van der Waals surface area contributed by atoms with Crippen molar-refractivity contribution >= 4 is 28.8 Å². The molecular formula is C32H46O3Si2. The van der Waals surface area contributed by atoms with Crippen LogP contribution in [0.15, 0.2) is 71.1 Å². The molecule has 0 aliphatic carbocycles. The fourth-order valence-electron chi connectivity index (χ4n) is 3.97. The quantitative estimate of drug-likeness (QED) is 0.254. The molecule has 0 atom stereocenters. The van der Waals surface area contributed by atoms with Crippen LogP contribution >= 0.6 is 0 Å². The zero-order chi connectivity index (χ0) is 28.0. The highest BCUT2D eigenvalue weighted by Crippen LogP contribution is 2.28. The summed E-state index contributed by atoms with van der Waals surface area (Å²) in [7, 11) is -4.48. The summed E-state index contributed by atoms with van der Waals surface area (Å²) in [5.41, 5.74) is 7.17. The maximum atomic E-state index is 6.82. The van der Waals surface area contributed by atoms with E-state index in [1.807, 2.05) is 12.1 Å². The Morgan fingerprint density at radius 3 is 1.32 bits per heavy atom. The maximum Gasteiger partial charge on any atom is 0.204 e. The fourth-order valence-corrected chi connectivity index (χ4v) is 11.1. The number of ether oxygens (including phenoxy) is 2. The Bertz CT molecular complexity index is 1100. The summed E-state index contributed by atoms with van der Waals surface area (Å²) in [4.78, 5) is 0. The van der Waals surface area contributed by atoms with E-state index >= 15 is 0 Å². The van der Waals surface area contributed by atoms with E-state index in [4.69, 9.17) is 13.6 Å². The van der Waals surface area contributed by atoms with Crippen molar-refractivity contribution in [2.24, 2.45) is 0 Å². The highest BCUT2D eigenvalue weighted by molar-refractivity contribution is 6.91. The highest BCUT2D eigenvalue weighted by atomic mass is 28.4. The van der Waals surface area contributed by atoms with Crippen LogP contribution in [-0.4, -0.2) is 29.8 Å². The molecule has 0 radical (unpaired) electrons. The van der Waals surface area contributed by atoms with Crippen molar-refractivity contribution in [2.75, 3.05) is 13.2 Å². The lowest BCUT2D eigenvalue weighted by atomic mass is 10.1. The minimum Gasteiger partial charge on any atom is -0.489 e. The Kier molecular flexibility index (Phi) is 10.6. The first kappa shape index (κ1) is 30.6. The average Bonchev–Trinajstić information content (AvgIpc) is 2.76. The third-order valence-electron chi connectivity index (χ3n) is 6.33. The summed E-state index contributed by atoms with van der Waals surface area (Å²) in [5, 5.41) is 2.06. The number of allylic oxidation sites excluding steroid dienone is 2. The van der Waals surface area contributed by atoms with Crippen LogP contribution in [0.4, 0.5) is 0 Å². The number of hydrogen-bond donors (Lipinski definition) is 0. The van der Waals surface area contributed by atoms with Crippen molar-refractivity contribution in [2.45, 2.75) is 67.7 Å². The van der Waals surface area contributed by atoms with Gasteiger partial charge >= 0.3 is 0 Å². The predicted octanol–water partition coefficient (Wildman–Crippen LogP) is 9.23. The molecule has 0 aliphatic heterocycles. The molecule has 0 bridgehead atoms. The van der Waals surface area contributed by atoms with Crippen molar-refractivity contribution in [1.82, 2.24) is 0 Å². The molecule has 2 aromatic carbocycles. The zero-order valence-corrected chi connectivity index (χ0v) is 26.7. The second-order valence-electron chi connectivity index (χ2n) is 11.4. The van der Waals surface area contributed by atoms with Gasteiger partial charge in [0.1, 0.15) is 24.7 Å². The van der Waals surface area contributed by atoms with Crippen molar-refractivity contribution in [3.8, 4) is 11.5 Å². The minimum absolute atomic E-state index is 0.451. The molecule has 0 spiro atoms. The van der Waals surface area contributed by atoms with E-state index in [9.17, 15) is 0 Å². The minimum atomic E-state index is -2.24. The van der Waals surface area contributed by atoms with Crippen LogP contribution in [0.2, 0.25) is 26.2 Å². The Labute approximate surface area is 227 Å². The molecular weight excluding hydrogens is 489 g/mol.